The highest BCUT2D eigenvalue weighted by Crippen LogP contribution is 2.22. The number of rotatable bonds is 6. The van der Waals surface area contributed by atoms with Gasteiger partial charge in [-0.3, -0.25) is 9.78 Å². The summed E-state index contributed by atoms with van der Waals surface area (Å²) in [6.07, 6.45) is 7.48. The van der Waals surface area contributed by atoms with E-state index in [2.05, 4.69) is 27.8 Å². The molecule has 0 saturated carbocycles. The first-order valence-electron chi connectivity index (χ1n) is 8.78. The van der Waals surface area contributed by atoms with Gasteiger partial charge in [0.1, 0.15) is 0 Å². The number of carbonyl (C=O) groups excluding carboxylic acids is 1. The molecule has 4 heteroatoms. The Hall–Kier alpha value is -2.20. The van der Waals surface area contributed by atoms with Gasteiger partial charge in [-0.15, -0.1) is 0 Å². The molecule has 0 radical (unpaired) electrons. The summed E-state index contributed by atoms with van der Waals surface area (Å²) in [6.45, 7) is 2.16. The number of hydrogen-bond acceptors (Lipinski definition) is 3. The molecule has 2 aromatic rings. The van der Waals surface area contributed by atoms with Crippen LogP contribution in [0.5, 0.6) is 0 Å². The zero-order valence-electron chi connectivity index (χ0n) is 13.9. The molecule has 1 aromatic carbocycles. The zero-order chi connectivity index (χ0) is 16.6. The molecule has 0 spiro atoms. The van der Waals surface area contributed by atoms with Gasteiger partial charge in [-0.2, -0.15) is 0 Å². The summed E-state index contributed by atoms with van der Waals surface area (Å²) < 4.78 is 0. The molecule has 2 N–H and O–H groups in total. The molecule has 1 aliphatic rings. The van der Waals surface area contributed by atoms with Gasteiger partial charge in [-0.25, -0.2) is 0 Å². The lowest BCUT2D eigenvalue weighted by Crippen LogP contribution is -2.31. The van der Waals surface area contributed by atoms with Crippen LogP contribution in [0.4, 0.5) is 0 Å². The summed E-state index contributed by atoms with van der Waals surface area (Å²) in [7, 11) is 0. The number of nitrogens with zero attached hydrogens (tertiary/aromatic N) is 1. The second-order valence-electron chi connectivity index (χ2n) is 6.42. The summed E-state index contributed by atoms with van der Waals surface area (Å²) in [5, 5.41) is 6.58. The second-order valence-corrected chi connectivity index (χ2v) is 6.42. The van der Waals surface area contributed by atoms with E-state index in [1.807, 2.05) is 30.3 Å². The van der Waals surface area contributed by atoms with Gasteiger partial charge < -0.3 is 10.6 Å². The Morgan fingerprint density at radius 3 is 2.46 bits per heavy atom. The number of nitrogens with one attached hydrogen (secondary N) is 2. The number of amides is 1. The lowest BCUT2D eigenvalue weighted by molar-refractivity contribution is -0.121. The van der Waals surface area contributed by atoms with Crippen LogP contribution in [0.2, 0.25) is 0 Å². The quantitative estimate of drug-likeness (QED) is 0.859. The molecule has 2 heterocycles. The van der Waals surface area contributed by atoms with Crippen LogP contribution in [0.15, 0.2) is 54.9 Å². The SMILES string of the molecule is O=C(CCC1CCNCC1)NC(c1ccccc1)c1ccncc1. The second kappa shape index (κ2) is 8.60. The molecular formula is C20H25N3O. The van der Waals surface area contributed by atoms with Crippen molar-refractivity contribution in [1.82, 2.24) is 15.6 Å². The van der Waals surface area contributed by atoms with Crippen molar-refractivity contribution < 1.29 is 4.79 Å². The maximum absolute atomic E-state index is 12.5. The Morgan fingerprint density at radius 2 is 1.75 bits per heavy atom. The number of benzene rings is 1. The predicted octanol–water partition coefficient (Wildman–Crippen LogP) is 3.07. The summed E-state index contributed by atoms with van der Waals surface area (Å²) in [5.74, 6) is 0.798. The Kier molecular flexibility index (Phi) is 5.96. The molecular weight excluding hydrogens is 298 g/mol. The van der Waals surface area contributed by atoms with E-state index in [9.17, 15) is 4.79 Å². The third-order valence-corrected chi connectivity index (χ3v) is 4.72. The van der Waals surface area contributed by atoms with Crippen LogP contribution in [0.1, 0.15) is 42.9 Å². The van der Waals surface area contributed by atoms with Crippen molar-refractivity contribution in [1.29, 1.82) is 0 Å². The number of carbonyl (C=O) groups is 1. The van der Waals surface area contributed by atoms with E-state index < -0.39 is 0 Å². The molecule has 1 unspecified atom stereocenters. The fourth-order valence-electron chi connectivity index (χ4n) is 3.30. The minimum Gasteiger partial charge on any atom is -0.345 e. The number of pyridine rings is 1. The highest BCUT2D eigenvalue weighted by atomic mass is 16.1. The highest BCUT2D eigenvalue weighted by molar-refractivity contribution is 5.77. The zero-order valence-corrected chi connectivity index (χ0v) is 13.9. The van der Waals surface area contributed by atoms with Crippen molar-refractivity contribution in [2.75, 3.05) is 13.1 Å². The molecule has 126 valence electrons. The third kappa shape index (κ3) is 4.65. The van der Waals surface area contributed by atoms with Crippen LogP contribution in [0.25, 0.3) is 0 Å². The summed E-state index contributed by atoms with van der Waals surface area (Å²) in [5.41, 5.74) is 2.16. The average molecular weight is 323 g/mol. The minimum absolute atomic E-state index is 0.116. The molecule has 1 aromatic heterocycles. The monoisotopic (exact) mass is 323 g/mol. The Labute approximate surface area is 143 Å². The molecule has 4 nitrogen and oxygen atoms in total. The number of hydrogen-bond donors (Lipinski definition) is 2. The van der Waals surface area contributed by atoms with Crippen molar-refractivity contribution in [2.45, 2.75) is 31.7 Å². The van der Waals surface area contributed by atoms with Crippen molar-refractivity contribution in [3.8, 4) is 0 Å². The molecule has 1 fully saturated rings. The van der Waals surface area contributed by atoms with Crippen LogP contribution >= 0.6 is 0 Å². The van der Waals surface area contributed by atoms with Crippen LogP contribution < -0.4 is 10.6 Å². The first kappa shape index (κ1) is 16.7. The summed E-state index contributed by atoms with van der Waals surface area (Å²) in [6, 6.07) is 13.9. The van der Waals surface area contributed by atoms with Gasteiger partial charge in [-0.05, 0) is 61.5 Å². The molecule has 24 heavy (non-hydrogen) atoms. The van der Waals surface area contributed by atoms with Gasteiger partial charge in [0.25, 0.3) is 0 Å². The van der Waals surface area contributed by atoms with Gasteiger partial charge in [0.2, 0.25) is 5.91 Å². The summed E-state index contributed by atoms with van der Waals surface area (Å²) in [4.78, 5) is 16.6. The molecule has 1 saturated heterocycles. The molecule has 3 rings (SSSR count). The fraction of sp³-hybridized carbons (Fsp3) is 0.400. The van der Waals surface area contributed by atoms with Crippen molar-refractivity contribution in [3.63, 3.8) is 0 Å². The number of aromatic nitrogens is 1. The standard InChI is InChI=1S/C20H25N3O/c24-19(7-6-16-8-12-21-13-9-16)23-20(17-4-2-1-3-5-17)18-10-14-22-15-11-18/h1-5,10-11,14-16,20-21H,6-9,12-13H2,(H,23,24). The third-order valence-electron chi connectivity index (χ3n) is 4.72. The topological polar surface area (TPSA) is 54.0 Å². The summed E-state index contributed by atoms with van der Waals surface area (Å²) >= 11 is 0. The normalized spacial score (nSPS) is 16.5. The van der Waals surface area contributed by atoms with Gasteiger partial charge in [-0.1, -0.05) is 30.3 Å². The Balaban J connectivity index is 1.64. The first-order chi connectivity index (χ1) is 11.8. The van der Waals surface area contributed by atoms with Gasteiger partial charge in [0.15, 0.2) is 0 Å². The average Bonchev–Trinajstić information content (AvgIpc) is 2.67. The Morgan fingerprint density at radius 1 is 1.08 bits per heavy atom. The van der Waals surface area contributed by atoms with Crippen molar-refractivity contribution >= 4 is 5.91 Å². The van der Waals surface area contributed by atoms with Gasteiger partial charge >= 0.3 is 0 Å². The van der Waals surface area contributed by atoms with Gasteiger partial charge in [0.05, 0.1) is 6.04 Å². The van der Waals surface area contributed by atoms with E-state index >= 15 is 0 Å². The maximum Gasteiger partial charge on any atom is 0.220 e. The molecule has 0 aliphatic carbocycles. The van der Waals surface area contributed by atoms with Gasteiger partial charge in [0, 0.05) is 18.8 Å². The van der Waals surface area contributed by atoms with Crippen LogP contribution in [-0.4, -0.2) is 24.0 Å². The minimum atomic E-state index is -0.116. The Bertz CT molecular complexity index is 584. The van der Waals surface area contributed by atoms with Crippen molar-refractivity contribution in [2.24, 2.45) is 5.92 Å². The lowest BCUT2D eigenvalue weighted by Gasteiger charge is -2.23. The van der Waals surface area contributed by atoms with E-state index in [1.165, 1.54) is 12.8 Å². The molecule has 1 amide bonds. The highest BCUT2D eigenvalue weighted by Gasteiger charge is 2.18. The number of piperidine rings is 1. The molecule has 0 bridgehead atoms. The van der Waals surface area contributed by atoms with E-state index in [1.54, 1.807) is 12.4 Å². The molecule has 1 atom stereocenters. The largest absolute Gasteiger partial charge is 0.345 e. The van der Waals surface area contributed by atoms with Crippen LogP contribution in [-0.2, 0) is 4.79 Å². The maximum atomic E-state index is 12.5. The van der Waals surface area contributed by atoms with E-state index in [0.29, 0.717) is 12.3 Å². The smallest absolute Gasteiger partial charge is 0.220 e. The predicted molar refractivity (Wildman–Crippen MR) is 95.5 cm³/mol. The van der Waals surface area contributed by atoms with Crippen molar-refractivity contribution in [3.05, 3.63) is 66.0 Å². The van der Waals surface area contributed by atoms with E-state index in [4.69, 9.17) is 0 Å². The van der Waals surface area contributed by atoms with Crippen LogP contribution in [0.3, 0.4) is 0 Å². The lowest BCUT2D eigenvalue weighted by atomic mass is 9.93. The van der Waals surface area contributed by atoms with Crippen LogP contribution in [0, 0.1) is 5.92 Å². The van der Waals surface area contributed by atoms with E-state index in [-0.39, 0.29) is 11.9 Å². The first-order valence-corrected chi connectivity index (χ1v) is 8.78. The molecule has 1 aliphatic heterocycles. The van der Waals surface area contributed by atoms with E-state index in [0.717, 1.165) is 30.6 Å². The fourth-order valence-corrected chi connectivity index (χ4v) is 3.30.